The fourth-order valence-electron chi connectivity index (χ4n) is 2.33. The highest BCUT2D eigenvalue weighted by Crippen LogP contribution is 2.18. The van der Waals surface area contributed by atoms with Crippen LogP contribution in [0.3, 0.4) is 0 Å². The molecule has 2 rings (SSSR count). The van der Waals surface area contributed by atoms with Gasteiger partial charge in [-0.05, 0) is 18.4 Å². The van der Waals surface area contributed by atoms with Crippen molar-refractivity contribution in [1.29, 1.82) is 0 Å². The van der Waals surface area contributed by atoms with Gasteiger partial charge in [0.15, 0.2) is 0 Å². The fourth-order valence-corrected chi connectivity index (χ4v) is 2.33. The van der Waals surface area contributed by atoms with Crippen LogP contribution >= 0.6 is 0 Å². The maximum Gasteiger partial charge on any atom is 0.244 e. The zero-order valence-electron chi connectivity index (χ0n) is 10.7. The standard InChI is InChI=1S/C14H20N2O2/c1-18-12-8-5-9-16(10-12)14(17)13(15)11-6-3-2-4-7-11/h2-4,6-7,12-13H,5,8-10,15H2,1H3/t12?,13-/m1/s1. The smallest absolute Gasteiger partial charge is 0.244 e. The molecular weight excluding hydrogens is 228 g/mol. The van der Waals surface area contributed by atoms with Gasteiger partial charge in [0.05, 0.1) is 6.10 Å². The van der Waals surface area contributed by atoms with E-state index < -0.39 is 6.04 Å². The Kier molecular flexibility index (Phi) is 4.33. The first-order chi connectivity index (χ1) is 8.72. The van der Waals surface area contributed by atoms with Gasteiger partial charge in [0, 0.05) is 20.2 Å². The SMILES string of the molecule is COC1CCCN(C(=O)[C@H](N)c2ccccc2)C1. The summed E-state index contributed by atoms with van der Waals surface area (Å²) in [5, 5.41) is 0. The number of likely N-dealkylation sites (tertiary alicyclic amines) is 1. The molecule has 0 radical (unpaired) electrons. The predicted octanol–water partition coefficient (Wildman–Crippen LogP) is 1.32. The maximum atomic E-state index is 12.3. The second-order valence-electron chi connectivity index (χ2n) is 4.67. The van der Waals surface area contributed by atoms with E-state index in [9.17, 15) is 4.79 Å². The van der Waals surface area contributed by atoms with Gasteiger partial charge < -0.3 is 15.4 Å². The first-order valence-electron chi connectivity index (χ1n) is 6.34. The van der Waals surface area contributed by atoms with Crippen molar-refractivity contribution in [3.63, 3.8) is 0 Å². The van der Waals surface area contributed by atoms with E-state index in [0.29, 0.717) is 6.54 Å². The largest absolute Gasteiger partial charge is 0.380 e. The number of carbonyl (C=O) groups excluding carboxylic acids is 1. The van der Waals surface area contributed by atoms with Gasteiger partial charge in [0.1, 0.15) is 6.04 Å². The Morgan fingerprint density at radius 1 is 1.44 bits per heavy atom. The number of hydrogen-bond acceptors (Lipinski definition) is 3. The predicted molar refractivity (Wildman–Crippen MR) is 70.0 cm³/mol. The number of piperidine rings is 1. The summed E-state index contributed by atoms with van der Waals surface area (Å²) in [4.78, 5) is 14.1. The molecule has 1 saturated heterocycles. The van der Waals surface area contributed by atoms with E-state index in [4.69, 9.17) is 10.5 Å². The Bertz CT molecular complexity index is 394. The number of nitrogens with two attached hydrogens (primary N) is 1. The van der Waals surface area contributed by atoms with Gasteiger partial charge in [-0.25, -0.2) is 0 Å². The zero-order chi connectivity index (χ0) is 13.0. The van der Waals surface area contributed by atoms with E-state index in [1.807, 2.05) is 35.2 Å². The summed E-state index contributed by atoms with van der Waals surface area (Å²) in [6, 6.07) is 8.93. The molecule has 0 aliphatic carbocycles. The average molecular weight is 248 g/mol. The molecule has 2 atom stereocenters. The monoisotopic (exact) mass is 248 g/mol. The molecule has 0 bridgehead atoms. The molecule has 4 nitrogen and oxygen atoms in total. The Hall–Kier alpha value is -1.39. The topological polar surface area (TPSA) is 55.6 Å². The highest BCUT2D eigenvalue weighted by molar-refractivity contribution is 5.83. The lowest BCUT2D eigenvalue weighted by Crippen LogP contribution is -2.46. The maximum absolute atomic E-state index is 12.3. The summed E-state index contributed by atoms with van der Waals surface area (Å²) in [7, 11) is 1.69. The van der Waals surface area contributed by atoms with Crippen LogP contribution in [0.25, 0.3) is 0 Å². The van der Waals surface area contributed by atoms with Crippen molar-refractivity contribution in [1.82, 2.24) is 4.90 Å². The lowest BCUT2D eigenvalue weighted by atomic mass is 10.0. The summed E-state index contributed by atoms with van der Waals surface area (Å²) >= 11 is 0. The van der Waals surface area contributed by atoms with Crippen LogP contribution in [-0.2, 0) is 9.53 Å². The van der Waals surface area contributed by atoms with Crippen molar-refractivity contribution >= 4 is 5.91 Å². The summed E-state index contributed by atoms with van der Waals surface area (Å²) < 4.78 is 5.32. The number of nitrogens with zero attached hydrogens (tertiary/aromatic N) is 1. The number of hydrogen-bond donors (Lipinski definition) is 1. The minimum atomic E-state index is -0.568. The van der Waals surface area contributed by atoms with Gasteiger partial charge in [0.2, 0.25) is 5.91 Å². The minimum absolute atomic E-state index is 0.0112. The minimum Gasteiger partial charge on any atom is -0.380 e. The molecule has 1 fully saturated rings. The summed E-state index contributed by atoms with van der Waals surface area (Å²) in [5.74, 6) is -0.0112. The van der Waals surface area contributed by atoms with E-state index in [1.165, 1.54) is 0 Å². The molecule has 0 aromatic heterocycles. The van der Waals surface area contributed by atoms with Gasteiger partial charge in [-0.3, -0.25) is 4.79 Å². The lowest BCUT2D eigenvalue weighted by Gasteiger charge is -2.33. The van der Waals surface area contributed by atoms with Crippen LogP contribution < -0.4 is 5.73 Å². The van der Waals surface area contributed by atoms with Crippen LogP contribution in [0.2, 0.25) is 0 Å². The molecule has 18 heavy (non-hydrogen) atoms. The quantitative estimate of drug-likeness (QED) is 0.878. The van der Waals surface area contributed by atoms with Crippen molar-refractivity contribution < 1.29 is 9.53 Å². The molecular formula is C14H20N2O2. The van der Waals surface area contributed by atoms with Crippen LogP contribution in [0.15, 0.2) is 30.3 Å². The number of benzene rings is 1. The summed E-state index contributed by atoms with van der Waals surface area (Å²) in [6.45, 7) is 1.43. The molecule has 4 heteroatoms. The second-order valence-corrected chi connectivity index (χ2v) is 4.67. The first-order valence-corrected chi connectivity index (χ1v) is 6.34. The molecule has 1 amide bonds. The van der Waals surface area contributed by atoms with Gasteiger partial charge >= 0.3 is 0 Å². The third kappa shape index (κ3) is 2.89. The molecule has 1 aromatic rings. The first kappa shape index (κ1) is 13.1. The Balaban J connectivity index is 2.02. The van der Waals surface area contributed by atoms with Gasteiger partial charge in [-0.1, -0.05) is 30.3 Å². The van der Waals surface area contributed by atoms with Crippen molar-refractivity contribution in [2.24, 2.45) is 5.73 Å². The molecule has 1 aliphatic heterocycles. The molecule has 0 saturated carbocycles. The van der Waals surface area contributed by atoms with Gasteiger partial charge in [-0.2, -0.15) is 0 Å². The van der Waals surface area contributed by atoms with Crippen molar-refractivity contribution in [2.75, 3.05) is 20.2 Å². The third-order valence-corrected chi connectivity index (χ3v) is 3.45. The Morgan fingerprint density at radius 3 is 2.83 bits per heavy atom. The summed E-state index contributed by atoms with van der Waals surface area (Å²) in [5.41, 5.74) is 6.89. The van der Waals surface area contributed by atoms with Gasteiger partial charge in [0.25, 0.3) is 0 Å². The number of ether oxygens (including phenoxy) is 1. The van der Waals surface area contributed by atoms with E-state index in [0.717, 1.165) is 24.9 Å². The second kappa shape index (κ2) is 5.98. The van der Waals surface area contributed by atoms with E-state index in [2.05, 4.69) is 0 Å². The van der Waals surface area contributed by atoms with Crippen LogP contribution in [0.1, 0.15) is 24.4 Å². The highest BCUT2D eigenvalue weighted by atomic mass is 16.5. The molecule has 98 valence electrons. The van der Waals surface area contributed by atoms with Crippen LogP contribution in [0, 0.1) is 0 Å². The number of rotatable bonds is 3. The molecule has 2 N–H and O–H groups in total. The van der Waals surface area contributed by atoms with Crippen molar-refractivity contribution in [3.05, 3.63) is 35.9 Å². The number of methoxy groups -OCH3 is 1. The number of carbonyl (C=O) groups is 1. The van der Waals surface area contributed by atoms with E-state index in [1.54, 1.807) is 7.11 Å². The van der Waals surface area contributed by atoms with Crippen LogP contribution in [-0.4, -0.2) is 37.1 Å². The Labute approximate surface area is 108 Å². The van der Waals surface area contributed by atoms with Crippen molar-refractivity contribution in [2.45, 2.75) is 25.0 Å². The highest BCUT2D eigenvalue weighted by Gasteiger charge is 2.27. The molecule has 1 aliphatic rings. The molecule has 1 unspecified atom stereocenters. The number of amides is 1. The van der Waals surface area contributed by atoms with Gasteiger partial charge in [-0.15, -0.1) is 0 Å². The lowest BCUT2D eigenvalue weighted by molar-refractivity contribution is -0.136. The molecule has 1 heterocycles. The normalized spacial score (nSPS) is 21.7. The van der Waals surface area contributed by atoms with Crippen molar-refractivity contribution in [3.8, 4) is 0 Å². The third-order valence-electron chi connectivity index (χ3n) is 3.45. The summed E-state index contributed by atoms with van der Waals surface area (Å²) in [6.07, 6.45) is 2.14. The van der Waals surface area contributed by atoms with E-state index in [-0.39, 0.29) is 12.0 Å². The van der Waals surface area contributed by atoms with Crippen LogP contribution in [0.5, 0.6) is 0 Å². The average Bonchev–Trinajstić information content (AvgIpc) is 2.46. The van der Waals surface area contributed by atoms with E-state index >= 15 is 0 Å². The zero-order valence-corrected chi connectivity index (χ0v) is 10.7. The fraction of sp³-hybridized carbons (Fsp3) is 0.500. The molecule has 0 spiro atoms. The van der Waals surface area contributed by atoms with Crippen LogP contribution in [0.4, 0.5) is 0 Å². The molecule has 1 aromatic carbocycles. The Morgan fingerprint density at radius 2 is 2.17 bits per heavy atom.